The first-order valence-corrected chi connectivity index (χ1v) is 5.41. The summed E-state index contributed by atoms with van der Waals surface area (Å²) in [5, 5.41) is -0.555. The highest BCUT2D eigenvalue weighted by molar-refractivity contribution is 7.90. The molecule has 0 aromatic rings. The Hall–Kier alpha value is -0.660. The van der Waals surface area contributed by atoms with Gasteiger partial charge < -0.3 is 0 Å². The highest BCUT2D eigenvalue weighted by Crippen LogP contribution is 2.01. The number of nitrogens with one attached hydrogen (secondary N) is 2. The first-order valence-electron chi connectivity index (χ1n) is 3.86. The minimum absolute atomic E-state index is 0.0325. The second kappa shape index (κ2) is 3.60. The van der Waals surface area contributed by atoms with Gasteiger partial charge in [0.1, 0.15) is 12.6 Å². The van der Waals surface area contributed by atoms with Crippen LogP contribution in [0.2, 0.25) is 0 Å². The van der Waals surface area contributed by atoms with Crippen molar-refractivity contribution in [2.75, 3.05) is 6.61 Å². The summed E-state index contributed by atoms with van der Waals surface area (Å²) in [5.41, 5.74) is 2.07. The summed E-state index contributed by atoms with van der Waals surface area (Å²) < 4.78 is 24.8. The minimum Gasteiger partial charge on any atom is -0.271 e. The van der Waals surface area contributed by atoms with Crippen LogP contribution in [0.15, 0.2) is 0 Å². The van der Waals surface area contributed by atoms with Gasteiger partial charge in [0.2, 0.25) is 10.0 Å². The van der Waals surface area contributed by atoms with Gasteiger partial charge in [-0.2, -0.15) is 4.72 Å². The van der Waals surface area contributed by atoms with Crippen LogP contribution in [0.1, 0.15) is 13.8 Å². The quantitative estimate of drug-likeness (QED) is 0.606. The van der Waals surface area contributed by atoms with Crippen molar-refractivity contribution < 1.29 is 18.0 Å². The normalized spacial score (nSPS) is 23.6. The van der Waals surface area contributed by atoms with Gasteiger partial charge in [0.05, 0.1) is 5.25 Å². The molecule has 6 nitrogen and oxygen atoms in total. The summed E-state index contributed by atoms with van der Waals surface area (Å²) in [7, 11) is -3.41. The molecule has 7 heteroatoms. The Balaban J connectivity index is 2.63. The predicted molar refractivity (Wildman–Crippen MR) is 45.1 cm³/mol. The van der Waals surface area contributed by atoms with Gasteiger partial charge in [0.15, 0.2) is 0 Å². The van der Waals surface area contributed by atoms with E-state index in [0.717, 1.165) is 0 Å². The topological polar surface area (TPSA) is 84.5 Å². The molecule has 13 heavy (non-hydrogen) atoms. The number of amides is 1. The molecule has 1 saturated heterocycles. The van der Waals surface area contributed by atoms with Crippen LogP contribution in [0.3, 0.4) is 0 Å². The molecule has 0 saturated carbocycles. The lowest BCUT2D eigenvalue weighted by molar-refractivity contribution is -0.124. The average Bonchev–Trinajstić information content (AvgIpc) is 2.35. The standard InChI is InChI=1S/C6H12N2O4S/c1-4(2)13(10,11)8-5-3-12-7-6(5)9/h4-5,8H,3H2,1-2H3,(H,7,9). The van der Waals surface area contributed by atoms with E-state index in [-0.39, 0.29) is 6.61 Å². The van der Waals surface area contributed by atoms with Crippen LogP contribution in [0.25, 0.3) is 0 Å². The second-order valence-electron chi connectivity index (χ2n) is 3.04. The van der Waals surface area contributed by atoms with Crippen LogP contribution in [-0.4, -0.2) is 32.2 Å². The maximum absolute atomic E-state index is 11.3. The zero-order chi connectivity index (χ0) is 10.1. The smallest absolute Gasteiger partial charge is 0.264 e. The lowest BCUT2D eigenvalue weighted by Crippen LogP contribution is -2.44. The fourth-order valence-corrected chi connectivity index (χ4v) is 1.61. The Bertz CT molecular complexity index is 298. The van der Waals surface area contributed by atoms with Gasteiger partial charge in [-0.1, -0.05) is 0 Å². The molecule has 0 radical (unpaired) electrons. The van der Waals surface area contributed by atoms with E-state index in [2.05, 4.69) is 15.0 Å². The fourth-order valence-electron chi connectivity index (χ4n) is 0.765. The third-order valence-electron chi connectivity index (χ3n) is 1.67. The van der Waals surface area contributed by atoms with E-state index >= 15 is 0 Å². The molecule has 1 unspecified atom stereocenters. The van der Waals surface area contributed by atoms with Crippen molar-refractivity contribution in [1.29, 1.82) is 0 Å². The summed E-state index contributed by atoms with van der Waals surface area (Å²) in [6.45, 7) is 3.11. The van der Waals surface area contributed by atoms with E-state index in [0.29, 0.717) is 0 Å². The Labute approximate surface area is 76.6 Å². The van der Waals surface area contributed by atoms with E-state index in [1.807, 2.05) is 0 Å². The van der Waals surface area contributed by atoms with Gasteiger partial charge >= 0.3 is 0 Å². The van der Waals surface area contributed by atoms with E-state index in [9.17, 15) is 13.2 Å². The first kappa shape index (κ1) is 10.4. The van der Waals surface area contributed by atoms with Crippen molar-refractivity contribution in [3.05, 3.63) is 0 Å². The molecule has 76 valence electrons. The van der Waals surface area contributed by atoms with Gasteiger partial charge in [0, 0.05) is 0 Å². The number of carbonyl (C=O) groups is 1. The molecule has 1 heterocycles. The van der Waals surface area contributed by atoms with Gasteiger partial charge in [-0.05, 0) is 13.8 Å². The van der Waals surface area contributed by atoms with Crippen molar-refractivity contribution in [2.45, 2.75) is 25.1 Å². The lowest BCUT2D eigenvalue weighted by Gasteiger charge is -2.11. The third-order valence-corrected chi connectivity index (χ3v) is 3.52. The molecule has 1 fully saturated rings. The summed E-state index contributed by atoms with van der Waals surface area (Å²) in [4.78, 5) is 15.5. The molecule has 0 spiro atoms. The molecular formula is C6H12N2O4S. The molecule has 0 bridgehead atoms. The zero-order valence-corrected chi connectivity index (χ0v) is 8.22. The van der Waals surface area contributed by atoms with E-state index in [4.69, 9.17) is 0 Å². The van der Waals surface area contributed by atoms with Crippen LogP contribution in [0.5, 0.6) is 0 Å². The fraction of sp³-hybridized carbons (Fsp3) is 0.833. The number of rotatable bonds is 3. The van der Waals surface area contributed by atoms with Crippen molar-refractivity contribution in [1.82, 2.24) is 10.2 Å². The Kier molecular flexibility index (Phi) is 2.89. The molecule has 1 amide bonds. The van der Waals surface area contributed by atoms with Gasteiger partial charge in [-0.3, -0.25) is 9.63 Å². The van der Waals surface area contributed by atoms with E-state index in [1.54, 1.807) is 0 Å². The molecule has 0 aromatic carbocycles. The largest absolute Gasteiger partial charge is 0.271 e. The van der Waals surface area contributed by atoms with E-state index in [1.165, 1.54) is 13.8 Å². The van der Waals surface area contributed by atoms with Crippen LogP contribution >= 0.6 is 0 Å². The first-order chi connectivity index (χ1) is 5.93. The Morgan fingerprint density at radius 3 is 2.62 bits per heavy atom. The molecule has 1 atom stereocenters. The Morgan fingerprint density at radius 2 is 2.23 bits per heavy atom. The van der Waals surface area contributed by atoms with Crippen molar-refractivity contribution in [3.8, 4) is 0 Å². The lowest BCUT2D eigenvalue weighted by atomic mass is 10.3. The number of hydroxylamine groups is 1. The van der Waals surface area contributed by atoms with Gasteiger partial charge in [-0.15, -0.1) is 0 Å². The molecule has 2 N–H and O–H groups in total. The molecule has 1 aliphatic rings. The summed E-state index contributed by atoms with van der Waals surface area (Å²) in [6, 6.07) is -0.799. The number of hydrogen-bond acceptors (Lipinski definition) is 4. The van der Waals surface area contributed by atoms with Crippen LogP contribution < -0.4 is 10.2 Å². The number of carbonyl (C=O) groups excluding carboxylic acids is 1. The van der Waals surface area contributed by atoms with Crippen molar-refractivity contribution in [3.63, 3.8) is 0 Å². The summed E-state index contributed by atoms with van der Waals surface area (Å²) in [5.74, 6) is -0.454. The van der Waals surface area contributed by atoms with E-state index < -0.39 is 27.2 Å². The average molecular weight is 208 g/mol. The zero-order valence-electron chi connectivity index (χ0n) is 7.40. The summed E-state index contributed by atoms with van der Waals surface area (Å²) in [6.07, 6.45) is 0. The maximum Gasteiger partial charge on any atom is 0.264 e. The summed E-state index contributed by atoms with van der Waals surface area (Å²) >= 11 is 0. The van der Waals surface area contributed by atoms with Crippen molar-refractivity contribution >= 4 is 15.9 Å². The highest BCUT2D eigenvalue weighted by atomic mass is 32.2. The maximum atomic E-state index is 11.3. The second-order valence-corrected chi connectivity index (χ2v) is 5.31. The van der Waals surface area contributed by atoms with Gasteiger partial charge in [0.25, 0.3) is 5.91 Å². The van der Waals surface area contributed by atoms with Crippen LogP contribution in [-0.2, 0) is 19.7 Å². The molecule has 0 aliphatic carbocycles. The number of sulfonamides is 1. The molecule has 0 aromatic heterocycles. The monoisotopic (exact) mass is 208 g/mol. The number of hydrogen-bond donors (Lipinski definition) is 2. The molecule has 1 aliphatic heterocycles. The van der Waals surface area contributed by atoms with Crippen LogP contribution in [0, 0.1) is 0 Å². The highest BCUT2D eigenvalue weighted by Gasteiger charge is 2.30. The van der Waals surface area contributed by atoms with Crippen LogP contribution in [0.4, 0.5) is 0 Å². The van der Waals surface area contributed by atoms with Crippen molar-refractivity contribution in [2.24, 2.45) is 0 Å². The third kappa shape index (κ3) is 2.39. The predicted octanol–water partition coefficient (Wildman–Crippen LogP) is -1.26. The Morgan fingerprint density at radius 1 is 1.62 bits per heavy atom. The minimum atomic E-state index is -3.41. The van der Waals surface area contributed by atoms with Gasteiger partial charge in [-0.25, -0.2) is 13.9 Å². The molecule has 1 rings (SSSR count). The SMILES string of the molecule is CC(C)S(=O)(=O)NC1CONC1=O. The molecular weight excluding hydrogens is 196 g/mol.